The molecule has 3 heteroatoms. The van der Waals surface area contributed by atoms with Gasteiger partial charge in [-0.25, -0.2) is 0 Å². The van der Waals surface area contributed by atoms with E-state index in [1.165, 1.54) is 0 Å². The lowest BCUT2D eigenvalue weighted by Crippen LogP contribution is -2.07. The van der Waals surface area contributed by atoms with Crippen LogP contribution in [0.5, 0.6) is 0 Å². The van der Waals surface area contributed by atoms with Gasteiger partial charge in [0, 0.05) is 6.61 Å². The van der Waals surface area contributed by atoms with Gasteiger partial charge < -0.3 is 14.9 Å². The van der Waals surface area contributed by atoms with E-state index in [-0.39, 0.29) is 12.7 Å². The number of ether oxygens (including phenoxy) is 1. The maximum absolute atomic E-state index is 9.11. The number of hydrogen-bond acceptors (Lipinski definition) is 3. The summed E-state index contributed by atoms with van der Waals surface area (Å²) in [5, 5.41) is 17.5. The number of hydrogen-bond donors (Lipinski definition) is 2. The fourth-order valence-electron chi connectivity index (χ4n) is 0.792. The summed E-state index contributed by atoms with van der Waals surface area (Å²) in [4.78, 5) is 0. The van der Waals surface area contributed by atoms with Gasteiger partial charge in [-0.15, -0.1) is 0 Å². The third kappa shape index (κ3) is 7.78. The van der Waals surface area contributed by atoms with Crippen LogP contribution in [-0.4, -0.2) is 36.1 Å². The zero-order valence-electron chi connectivity index (χ0n) is 7.12. The van der Waals surface area contributed by atoms with E-state index in [1.54, 1.807) is 0 Å². The van der Waals surface area contributed by atoms with Crippen molar-refractivity contribution in [3.05, 3.63) is 0 Å². The fraction of sp³-hybridized carbons (Fsp3) is 1.00. The first-order chi connectivity index (χ1) is 5.31. The minimum absolute atomic E-state index is 0.0797. The molecule has 0 aromatic heterocycles. The molecule has 2 N–H and O–H groups in total. The zero-order valence-corrected chi connectivity index (χ0v) is 7.12. The van der Waals surface area contributed by atoms with Crippen molar-refractivity contribution < 1.29 is 14.9 Å². The molecule has 0 rings (SSSR count). The number of rotatable bonds is 7. The lowest BCUT2D eigenvalue weighted by atomic mass is 10.2. The van der Waals surface area contributed by atoms with Crippen LogP contribution in [0.3, 0.4) is 0 Å². The van der Waals surface area contributed by atoms with Crippen LogP contribution in [-0.2, 0) is 4.74 Å². The fourth-order valence-corrected chi connectivity index (χ4v) is 0.792. The number of aliphatic hydroxyl groups excluding tert-OH is 2. The molecule has 0 aliphatic rings. The van der Waals surface area contributed by atoms with Crippen LogP contribution < -0.4 is 0 Å². The Balaban J connectivity index is 2.89. The molecule has 1 unspecified atom stereocenters. The van der Waals surface area contributed by atoms with E-state index in [1.807, 2.05) is 6.92 Å². The summed E-state index contributed by atoms with van der Waals surface area (Å²) in [7, 11) is 0. The van der Waals surface area contributed by atoms with Gasteiger partial charge in [-0.1, -0.05) is 6.92 Å². The van der Waals surface area contributed by atoms with Gasteiger partial charge >= 0.3 is 0 Å². The van der Waals surface area contributed by atoms with Crippen molar-refractivity contribution in [3.63, 3.8) is 0 Å². The van der Waals surface area contributed by atoms with Gasteiger partial charge in [0.25, 0.3) is 0 Å². The summed E-state index contributed by atoms with van der Waals surface area (Å²) in [5.74, 6) is 0. The Hall–Kier alpha value is -0.120. The minimum atomic E-state index is -0.187. The van der Waals surface area contributed by atoms with Gasteiger partial charge in [0.1, 0.15) is 0 Å². The van der Waals surface area contributed by atoms with Crippen molar-refractivity contribution in [1.29, 1.82) is 0 Å². The second-order valence-corrected chi connectivity index (χ2v) is 2.54. The van der Waals surface area contributed by atoms with E-state index in [4.69, 9.17) is 14.9 Å². The van der Waals surface area contributed by atoms with E-state index < -0.39 is 0 Å². The van der Waals surface area contributed by atoms with E-state index in [9.17, 15) is 0 Å². The molecule has 1 atom stereocenters. The summed E-state index contributed by atoms with van der Waals surface area (Å²) in [5.41, 5.74) is 0. The molecule has 0 aliphatic heterocycles. The highest BCUT2D eigenvalue weighted by Crippen LogP contribution is 2.00. The summed E-state index contributed by atoms with van der Waals surface area (Å²) in [6, 6.07) is 0. The highest BCUT2D eigenvalue weighted by Gasteiger charge is 1.98. The maximum atomic E-state index is 9.11. The molecule has 0 fully saturated rings. The monoisotopic (exact) mass is 162 g/mol. The van der Waals surface area contributed by atoms with Crippen LogP contribution in [0, 0.1) is 0 Å². The Morgan fingerprint density at radius 2 is 2.09 bits per heavy atom. The normalized spacial score (nSPS) is 13.4. The Morgan fingerprint density at radius 1 is 1.36 bits per heavy atom. The molecular formula is C8H18O3. The van der Waals surface area contributed by atoms with E-state index in [0.29, 0.717) is 13.2 Å². The van der Waals surface area contributed by atoms with Crippen LogP contribution in [0.25, 0.3) is 0 Å². The molecule has 3 nitrogen and oxygen atoms in total. The van der Waals surface area contributed by atoms with Gasteiger partial charge in [-0.2, -0.15) is 0 Å². The Kier molecular flexibility index (Phi) is 7.89. The van der Waals surface area contributed by atoms with Crippen molar-refractivity contribution in [2.24, 2.45) is 0 Å². The molecule has 0 aromatic carbocycles. The first kappa shape index (κ1) is 10.9. The standard InChI is InChI=1S/C8H18O3/c1-2-8(10)4-3-6-11-7-5-9/h8-10H,2-7H2,1H3. The summed E-state index contributed by atoms with van der Waals surface area (Å²) >= 11 is 0. The molecule has 0 bridgehead atoms. The maximum Gasteiger partial charge on any atom is 0.0697 e. The van der Waals surface area contributed by atoms with Crippen molar-refractivity contribution >= 4 is 0 Å². The first-order valence-electron chi connectivity index (χ1n) is 4.18. The predicted octanol–water partition coefficient (Wildman–Crippen LogP) is 0.546. The average Bonchev–Trinajstić information content (AvgIpc) is 2.04. The van der Waals surface area contributed by atoms with Crippen LogP contribution in [0.15, 0.2) is 0 Å². The van der Waals surface area contributed by atoms with Gasteiger partial charge in [0.15, 0.2) is 0 Å². The SMILES string of the molecule is CCC(O)CCCOCCO. The predicted molar refractivity (Wildman–Crippen MR) is 43.4 cm³/mol. The lowest BCUT2D eigenvalue weighted by Gasteiger charge is -2.06. The molecule has 0 saturated carbocycles. The van der Waals surface area contributed by atoms with Crippen LogP contribution in [0.4, 0.5) is 0 Å². The van der Waals surface area contributed by atoms with Crippen molar-refractivity contribution in [1.82, 2.24) is 0 Å². The highest BCUT2D eigenvalue weighted by molar-refractivity contribution is 4.51. The molecule has 0 aromatic rings. The molecular weight excluding hydrogens is 144 g/mol. The molecule has 0 aliphatic carbocycles. The van der Waals surface area contributed by atoms with Gasteiger partial charge in [0.2, 0.25) is 0 Å². The highest BCUT2D eigenvalue weighted by atomic mass is 16.5. The molecule has 11 heavy (non-hydrogen) atoms. The van der Waals surface area contributed by atoms with Gasteiger partial charge in [-0.05, 0) is 19.3 Å². The largest absolute Gasteiger partial charge is 0.394 e. The Bertz CT molecular complexity index is 75.7. The van der Waals surface area contributed by atoms with Crippen molar-refractivity contribution in [2.45, 2.75) is 32.3 Å². The van der Waals surface area contributed by atoms with E-state index in [0.717, 1.165) is 19.3 Å². The van der Waals surface area contributed by atoms with E-state index >= 15 is 0 Å². The van der Waals surface area contributed by atoms with Crippen LogP contribution in [0.1, 0.15) is 26.2 Å². The van der Waals surface area contributed by atoms with Crippen molar-refractivity contribution in [3.8, 4) is 0 Å². The molecule has 0 saturated heterocycles. The Labute approximate surface area is 68.0 Å². The Morgan fingerprint density at radius 3 is 2.64 bits per heavy atom. The van der Waals surface area contributed by atoms with Crippen LogP contribution in [0.2, 0.25) is 0 Å². The third-order valence-corrected chi connectivity index (χ3v) is 1.53. The zero-order chi connectivity index (χ0) is 8.53. The average molecular weight is 162 g/mol. The molecule has 0 amide bonds. The van der Waals surface area contributed by atoms with E-state index in [2.05, 4.69) is 0 Å². The molecule has 0 radical (unpaired) electrons. The molecule has 0 spiro atoms. The molecule has 0 heterocycles. The van der Waals surface area contributed by atoms with Crippen LogP contribution >= 0.6 is 0 Å². The summed E-state index contributed by atoms with van der Waals surface area (Å²) < 4.78 is 5.02. The first-order valence-corrected chi connectivity index (χ1v) is 4.18. The minimum Gasteiger partial charge on any atom is -0.394 e. The van der Waals surface area contributed by atoms with Crippen molar-refractivity contribution in [2.75, 3.05) is 19.8 Å². The topological polar surface area (TPSA) is 49.7 Å². The summed E-state index contributed by atoms with van der Waals surface area (Å²) in [6.07, 6.45) is 2.28. The smallest absolute Gasteiger partial charge is 0.0697 e. The lowest BCUT2D eigenvalue weighted by molar-refractivity contribution is 0.0782. The second kappa shape index (κ2) is 7.98. The van der Waals surface area contributed by atoms with Gasteiger partial charge in [-0.3, -0.25) is 0 Å². The summed E-state index contributed by atoms with van der Waals surface area (Å²) in [6.45, 7) is 3.08. The second-order valence-electron chi connectivity index (χ2n) is 2.54. The third-order valence-electron chi connectivity index (χ3n) is 1.53. The van der Waals surface area contributed by atoms with Gasteiger partial charge in [0.05, 0.1) is 19.3 Å². The number of aliphatic hydroxyl groups is 2. The molecule has 68 valence electrons. The quantitative estimate of drug-likeness (QED) is 0.537.